The number of hydrogen-bond donors (Lipinski definition) is 1. The fourth-order valence-corrected chi connectivity index (χ4v) is 2.72. The minimum Gasteiger partial charge on any atom is -0.314 e. The molecule has 0 saturated heterocycles. The highest BCUT2D eigenvalue weighted by atomic mass is 35.5. The second-order valence-electron chi connectivity index (χ2n) is 5.13. The molecule has 0 amide bonds. The molecule has 1 unspecified atom stereocenters. The Morgan fingerprint density at radius 2 is 2.22 bits per heavy atom. The monoisotopic (exact) mass is 269 g/mol. The summed E-state index contributed by atoms with van der Waals surface area (Å²) in [7, 11) is 0. The summed E-state index contributed by atoms with van der Waals surface area (Å²) in [4.78, 5) is 0. The first-order valence-corrected chi connectivity index (χ1v) is 7.25. The van der Waals surface area contributed by atoms with Crippen molar-refractivity contribution in [3.05, 3.63) is 34.6 Å². The normalized spacial score (nSPS) is 16.8. The Bertz CT molecular complexity index is 390. The van der Waals surface area contributed by atoms with Gasteiger partial charge in [-0.1, -0.05) is 18.5 Å². The Balaban J connectivity index is 1.81. The maximum atomic E-state index is 13.1. The van der Waals surface area contributed by atoms with E-state index in [2.05, 4.69) is 12.2 Å². The fraction of sp³-hybridized carbons (Fsp3) is 0.600. The number of hydrogen-bond acceptors (Lipinski definition) is 1. The zero-order chi connectivity index (χ0) is 13.0. The minimum atomic E-state index is -0.195. The molecule has 100 valence electrons. The molecular formula is C15H21ClFN. The maximum absolute atomic E-state index is 13.1. The zero-order valence-corrected chi connectivity index (χ0v) is 11.6. The summed E-state index contributed by atoms with van der Waals surface area (Å²) in [5.41, 5.74) is 0.933. The van der Waals surface area contributed by atoms with Gasteiger partial charge in [-0.3, -0.25) is 0 Å². The van der Waals surface area contributed by atoms with E-state index in [0.717, 1.165) is 37.3 Å². The summed E-state index contributed by atoms with van der Waals surface area (Å²) in [6, 6.07) is 5.26. The van der Waals surface area contributed by atoms with E-state index in [1.54, 1.807) is 12.1 Å². The van der Waals surface area contributed by atoms with Crippen molar-refractivity contribution in [1.29, 1.82) is 0 Å². The molecule has 0 bridgehead atoms. The third-order valence-corrected chi connectivity index (χ3v) is 4.00. The van der Waals surface area contributed by atoms with Crippen molar-refractivity contribution in [2.75, 3.05) is 6.54 Å². The molecular weight excluding hydrogens is 249 g/mol. The zero-order valence-electron chi connectivity index (χ0n) is 10.9. The molecule has 1 aliphatic carbocycles. The lowest BCUT2D eigenvalue weighted by Crippen LogP contribution is -2.30. The van der Waals surface area contributed by atoms with E-state index < -0.39 is 0 Å². The third kappa shape index (κ3) is 3.96. The first-order chi connectivity index (χ1) is 8.70. The minimum absolute atomic E-state index is 0.195. The van der Waals surface area contributed by atoms with Gasteiger partial charge in [-0.05, 0) is 68.3 Å². The second-order valence-corrected chi connectivity index (χ2v) is 5.54. The largest absolute Gasteiger partial charge is 0.314 e. The molecule has 1 atom stereocenters. The van der Waals surface area contributed by atoms with Crippen molar-refractivity contribution in [3.63, 3.8) is 0 Å². The van der Waals surface area contributed by atoms with Crippen molar-refractivity contribution in [2.45, 2.75) is 45.1 Å². The van der Waals surface area contributed by atoms with Gasteiger partial charge >= 0.3 is 0 Å². The summed E-state index contributed by atoms with van der Waals surface area (Å²) in [5, 5.41) is 4.23. The molecule has 1 aliphatic rings. The van der Waals surface area contributed by atoms with Gasteiger partial charge in [0.05, 0.1) is 0 Å². The summed E-state index contributed by atoms with van der Waals surface area (Å²) in [5.74, 6) is 0.674. The first-order valence-electron chi connectivity index (χ1n) is 6.88. The highest BCUT2D eigenvalue weighted by Crippen LogP contribution is 2.34. The summed E-state index contributed by atoms with van der Waals surface area (Å²) in [6.45, 7) is 3.18. The van der Waals surface area contributed by atoms with Gasteiger partial charge in [-0.2, -0.15) is 0 Å². The van der Waals surface area contributed by atoms with Gasteiger partial charge in [0.1, 0.15) is 5.82 Å². The van der Waals surface area contributed by atoms with Crippen LogP contribution < -0.4 is 5.32 Å². The van der Waals surface area contributed by atoms with E-state index in [0.29, 0.717) is 11.1 Å². The molecule has 1 nitrogen and oxygen atoms in total. The summed E-state index contributed by atoms with van der Waals surface area (Å²) in [6.07, 6.45) is 5.81. The molecule has 0 aliphatic heterocycles. The molecule has 18 heavy (non-hydrogen) atoms. The van der Waals surface area contributed by atoms with Crippen LogP contribution in [0.25, 0.3) is 0 Å². The Hall–Kier alpha value is -0.600. The van der Waals surface area contributed by atoms with Crippen LogP contribution in [0.15, 0.2) is 18.2 Å². The standard InChI is InChI=1S/C15H21ClFN/c1-2-18-15(11-6-7-11)5-3-4-12-10-13(17)8-9-14(12)16/h8-11,15,18H,2-7H2,1H3. The molecule has 2 rings (SSSR count). The Morgan fingerprint density at radius 1 is 1.44 bits per heavy atom. The van der Waals surface area contributed by atoms with Crippen molar-refractivity contribution in [2.24, 2.45) is 5.92 Å². The van der Waals surface area contributed by atoms with Gasteiger partial charge in [0, 0.05) is 11.1 Å². The molecule has 0 aromatic heterocycles. The molecule has 1 fully saturated rings. The molecule has 1 aromatic carbocycles. The van der Waals surface area contributed by atoms with Crippen LogP contribution in [0.5, 0.6) is 0 Å². The smallest absolute Gasteiger partial charge is 0.123 e. The predicted molar refractivity (Wildman–Crippen MR) is 74.5 cm³/mol. The van der Waals surface area contributed by atoms with E-state index in [-0.39, 0.29) is 5.82 Å². The topological polar surface area (TPSA) is 12.0 Å². The van der Waals surface area contributed by atoms with Crippen LogP contribution in [0.1, 0.15) is 38.2 Å². The molecule has 3 heteroatoms. The van der Waals surface area contributed by atoms with E-state index in [1.807, 2.05) is 0 Å². The third-order valence-electron chi connectivity index (χ3n) is 3.63. The Kier molecular flexibility index (Phi) is 5.02. The van der Waals surface area contributed by atoms with Crippen LogP contribution in [0, 0.1) is 11.7 Å². The molecule has 0 spiro atoms. The van der Waals surface area contributed by atoms with Gasteiger partial charge in [0.25, 0.3) is 0 Å². The predicted octanol–water partition coefficient (Wildman–Crippen LogP) is 4.19. The van der Waals surface area contributed by atoms with Gasteiger partial charge in [0.2, 0.25) is 0 Å². The molecule has 0 heterocycles. The summed E-state index contributed by atoms with van der Waals surface area (Å²) >= 11 is 6.07. The lowest BCUT2D eigenvalue weighted by atomic mass is 10.0. The lowest BCUT2D eigenvalue weighted by Gasteiger charge is -2.17. The number of nitrogens with one attached hydrogen (secondary N) is 1. The van der Waals surface area contributed by atoms with Crippen molar-refractivity contribution in [3.8, 4) is 0 Å². The fourth-order valence-electron chi connectivity index (χ4n) is 2.51. The maximum Gasteiger partial charge on any atom is 0.123 e. The van der Waals surface area contributed by atoms with Crippen LogP contribution in [0.3, 0.4) is 0 Å². The summed E-state index contributed by atoms with van der Waals surface area (Å²) < 4.78 is 13.1. The Morgan fingerprint density at radius 3 is 2.89 bits per heavy atom. The van der Waals surface area contributed by atoms with Crippen LogP contribution in [0.4, 0.5) is 4.39 Å². The van der Waals surface area contributed by atoms with Crippen molar-refractivity contribution >= 4 is 11.6 Å². The lowest BCUT2D eigenvalue weighted by molar-refractivity contribution is 0.434. The van der Waals surface area contributed by atoms with E-state index in [1.165, 1.54) is 18.9 Å². The first kappa shape index (κ1) is 13.8. The quantitative estimate of drug-likeness (QED) is 0.783. The molecule has 1 saturated carbocycles. The van der Waals surface area contributed by atoms with Crippen LogP contribution in [0.2, 0.25) is 5.02 Å². The van der Waals surface area contributed by atoms with Crippen molar-refractivity contribution < 1.29 is 4.39 Å². The Labute approximate surface area is 114 Å². The van der Waals surface area contributed by atoms with Gasteiger partial charge < -0.3 is 5.32 Å². The highest BCUT2D eigenvalue weighted by molar-refractivity contribution is 6.31. The number of rotatable bonds is 7. The molecule has 0 radical (unpaired) electrons. The van der Waals surface area contributed by atoms with Gasteiger partial charge in [0.15, 0.2) is 0 Å². The van der Waals surface area contributed by atoms with Crippen LogP contribution in [-0.2, 0) is 6.42 Å². The average molecular weight is 270 g/mol. The molecule has 1 aromatic rings. The van der Waals surface area contributed by atoms with E-state index in [4.69, 9.17) is 11.6 Å². The van der Waals surface area contributed by atoms with Crippen LogP contribution in [-0.4, -0.2) is 12.6 Å². The van der Waals surface area contributed by atoms with Crippen LogP contribution >= 0.6 is 11.6 Å². The number of benzene rings is 1. The van der Waals surface area contributed by atoms with Gasteiger partial charge in [-0.15, -0.1) is 0 Å². The average Bonchev–Trinajstić information content (AvgIpc) is 3.16. The van der Waals surface area contributed by atoms with Gasteiger partial charge in [-0.25, -0.2) is 4.39 Å². The highest BCUT2D eigenvalue weighted by Gasteiger charge is 2.29. The van der Waals surface area contributed by atoms with E-state index in [9.17, 15) is 4.39 Å². The SMILES string of the molecule is CCNC(CCCc1cc(F)ccc1Cl)C1CC1. The van der Waals surface area contributed by atoms with E-state index >= 15 is 0 Å². The number of aryl methyl sites for hydroxylation is 1. The molecule has 1 N–H and O–H groups in total. The number of halogens is 2. The van der Waals surface area contributed by atoms with Crippen molar-refractivity contribution in [1.82, 2.24) is 5.32 Å². The second kappa shape index (κ2) is 6.53.